The number of halogens is 2. The number of carbonyl (C=O) groups excluding carboxylic acids is 2. The van der Waals surface area contributed by atoms with E-state index in [0.29, 0.717) is 27.2 Å². The molecule has 0 aliphatic heterocycles. The summed E-state index contributed by atoms with van der Waals surface area (Å²) in [4.78, 5) is 32.3. The van der Waals surface area contributed by atoms with Crippen molar-refractivity contribution in [2.24, 2.45) is 0 Å². The third-order valence-electron chi connectivity index (χ3n) is 4.28. The minimum atomic E-state index is -0.518. The van der Waals surface area contributed by atoms with Gasteiger partial charge in [-0.3, -0.25) is 9.59 Å². The van der Waals surface area contributed by atoms with Crippen molar-refractivity contribution >= 4 is 56.9 Å². The molecule has 32 heavy (non-hydrogen) atoms. The zero-order valence-corrected chi connectivity index (χ0v) is 19.1. The molecule has 2 amide bonds. The van der Waals surface area contributed by atoms with E-state index in [-0.39, 0.29) is 23.8 Å². The Bertz CT molecular complexity index is 1300. The number of rotatable bonds is 6. The number of carbonyl (C=O) groups is 2. The highest BCUT2D eigenvalue weighted by molar-refractivity contribution is 7.14. The fourth-order valence-electron chi connectivity index (χ4n) is 2.93. The van der Waals surface area contributed by atoms with Crippen molar-refractivity contribution in [3.8, 4) is 21.8 Å². The molecule has 0 atom stereocenters. The Morgan fingerprint density at radius 2 is 1.91 bits per heavy atom. The first-order chi connectivity index (χ1) is 15.4. The van der Waals surface area contributed by atoms with Crippen LogP contribution in [0.5, 0.6) is 0 Å². The van der Waals surface area contributed by atoms with E-state index in [1.807, 2.05) is 23.6 Å². The molecule has 2 N–H and O–H groups in total. The van der Waals surface area contributed by atoms with E-state index in [4.69, 9.17) is 11.6 Å². The summed E-state index contributed by atoms with van der Waals surface area (Å²) in [5, 5.41) is 10.5. The standard InChI is InChI=1S/C22H16ClFN4O2S2/c1-12(29)25-15-5-6-17(18(24)8-15)19-11-32-22(27-19)28-20(30)9-16-10-31-21(26-16)13-3-2-4-14(23)7-13/h2-8,10-11H,9H2,1H3,(H,25,29)(H,27,28,30). The van der Waals surface area contributed by atoms with Gasteiger partial charge in [-0.25, -0.2) is 14.4 Å². The SMILES string of the molecule is CC(=O)Nc1ccc(-c2csc(NC(=O)Cc3csc(-c4cccc(Cl)c4)n3)n2)c(F)c1. The average Bonchev–Trinajstić information content (AvgIpc) is 3.37. The molecular weight excluding hydrogens is 471 g/mol. The average molecular weight is 487 g/mol. The van der Waals surface area contributed by atoms with Crippen LogP contribution in [0.15, 0.2) is 53.2 Å². The highest BCUT2D eigenvalue weighted by Gasteiger charge is 2.14. The maximum Gasteiger partial charge on any atom is 0.232 e. The molecule has 0 saturated heterocycles. The molecule has 0 aliphatic carbocycles. The van der Waals surface area contributed by atoms with Crippen LogP contribution in [0.4, 0.5) is 15.2 Å². The fourth-order valence-corrected chi connectivity index (χ4v) is 4.66. The highest BCUT2D eigenvalue weighted by atomic mass is 35.5. The molecule has 4 rings (SSSR count). The molecule has 0 unspecified atom stereocenters. The van der Waals surface area contributed by atoms with Crippen molar-refractivity contribution in [2.45, 2.75) is 13.3 Å². The zero-order chi connectivity index (χ0) is 22.7. The van der Waals surface area contributed by atoms with Gasteiger partial charge in [-0.2, -0.15) is 0 Å². The quantitative estimate of drug-likeness (QED) is 0.357. The largest absolute Gasteiger partial charge is 0.326 e. The summed E-state index contributed by atoms with van der Waals surface area (Å²) < 4.78 is 14.4. The molecule has 0 spiro atoms. The second-order valence-corrected chi connectivity index (χ2v) is 8.95. The molecule has 0 aliphatic rings. The van der Waals surface area contributed by atoms with Crippen molar-refractivity contribution in [1.82, 2.24) is 9.97 Å². The molecular formula is C22H16ClFN4O2S2. The van der Waals surface area contributed by atoms with Crippen LogP contribution in [0.25, 0.3) is 21.8 Å². The summed E-state index contributed by atoms with van der Waals surface area (Å²) in [7, 11) is 0. The number of nitrogens with zero attached hydrogens (tertiary/aromatic N) is 2. The number of aromatic nitrogens is 2. The number of anilines is 2. The van der Waals surface area contributed by atoms with E-state index in [1.165, 1.54) is 41.7 Å². The summed E-state index contributed by atoms with van der Waals surface area (Å²) in [6.07, 6.45) is 0.0890. The third-order valence-corrected chi connectivity index (χ3v) is 6.21. The van der Waals surface area contributed by atoms with Crippen LogP contribution in [0, 0.1) is 5.82 Å². The maximum atomic E-state index is 14.4. The normalized spacial score (nSPS) is 10.7. The molecule has 2 aromatic heterocycles. The van der Waals surface area contributed by atoms with Gasteiger partial charge in [0.05, 0.1) is 17.8 Å². The molecule has 2 heterocycles. The van der Waals surface area contributed by atoms with Crippen LogP contribution >= 0.6 is 34.3 Å². The van der Waals surface area contributed by atoms with Gasteiger partial charge in [-0.05, 0) is 30.3 Å². The molecule has 4 aromatic rings. The van der Waals surface area contributed by atoms with Crippen LogP contribution in [-0.2, 0) is 16.0 Å². The highest BCUT2D eigenvalue weighted by Crippen LogP contribution is 2.29. The van der Waals surface area contributed by atoms with Crippen molar-refractivity contribution in [3.63, 3.8) is 0 Å². The maximum absolute atomic E-state index is 14.4. The number of nitrogens with one attached hydrogen (secondary N) is 2. The molecule has 0 radical (unpaired) electrons. The summed E-state index contributed by atoms with van der Waals surface area (Å²) in [6.45, 7) is 1.35. The van der Waals surface area contributed by atoms with Crippen molar-refractivity contribution in [2.75, 3.05) is 10.6 Å². The third kappa shape index (κ3) is 5.37. The van der Waals surface area contributed by atoms with Gasteiger partial charge in [-0.1, -0.05) is 23.7 Å². The van der Waals surface area contributed by atoms with Gasteiger partial charge in [0, 0.05) is 39.5 Å². The lowest BCUT2D eigenvalue weighted by atomic mass is 10.1. The lowest BCUT2D eigenvalue weighted by molar-refractivity contribution is -0.116. The van der Waals surface area contributed by atoms with E-state index in [9.17, 15) is 14.0 Å². The number of amides is 2. The summed E-state index contributed by atoms with van der Waals surface area (Å²) in [5.41, 5.74) is 2.57. The van der Waals surface area contributed by atoms with Gasteiger partial charge >= 0.3 is 0 Å². The van der Waals surface area contributed by atoms with Crippen LogP contribution in [0.2, 0.25) is 5.02 Å². The van der Waals surface area contributed by atoms with E-state index in [0.717, 1.165) is 10.6 Å². The molecule has 10 heteroatoms. The van der Waals surface area contributed by atoms with E-state index in [2.05, 4.69) is 20.6 Å². The minimum Gasteiger partial charge on any atom is -0.326 e. The Morgan fingerprint density at radius 1 is 1.06 bits per heavy atom. The Hall–Kier alpha value is -3.14. The van der Waals surface area contributed by atoms with E-state index < -0.39 is 5.82 Å². The Balaban J connectivity index is 1.41. The second kappa shape index (κ2) is 9.56. The summed E-state index contributed by atoms with van der Waals surface area (Å²) in [5.74, 6) is -1.07. The number of thiazole rings is 2. The lowest BCUT2D eigenvalue weighted by Crippen LogP contribution is -2.14. The van der Waals surface area contributed by atoms with Gasteiger partial charge in [0.2, 0.25) is 11.8 Å². The lowest BCUT2D eigenvalue weighted by Gasteiger charge is -2.05. The van der Waals surface area contributed by atoms with Crippen molar-refractivity contribution in [1.29, 1.82) is 0 Å². The van der Waals surface area contributed by atoms with Gasteiger partial charge in [-0.15, -0.1) is 22.7 Å². The van der Waals surface area contributed by atoms with Crippen LogP contribution in [-0.4, -0.2) is 21.8 Å². The zero-order valence-electron chi connectivity index (χ0n) is 16.7. The van der Waals surface area contributed by atoms with Crippen LogP contribution in [0.1, 0.15) is 12.6 Å². The topological polar surface area (TPSA) is 84.0 Å². The van der Waals surface area contributed by atoms with Crippen molar-refractivity contribution in [3.05, 3.63) is 69.8 Å². The van der Waals surface area contributed by atoms with Gasteiger partial charge in [0.15, 0.2) is 5.13 Å². The van der Waals surface area contributed by atoms with Crippen LogP contribution < -0.4 is 10.6 Å². The predicted octanol–water partition coefficient (Wildman–Crippen LogP) is 5.87. The van der Waals surface area contributed by atoms with Crippen LogP contribution in [0.3, 0.4) is 0 Å². The minimum absolute atomic E-state index is 0.0890. The molecule has 2 aromatic carbocycles. The first-order valence-corrected chi connectivity index (χ1v) is 11.5. The van der Waals surface area contributed by atoms with Gasteiger partial charge < -0.3 is 10.6 Å². The number of hydrogen-bond acceptors (Lipinski definition) is 6. The smallest absolute Gasteiger partial charge is 0.232 e. The second-order valence-electron chi connectivity index (χ2n) is 6.79. The predicted molar refractivity (Wildman–Crippen MR) is 127 cm³/mol. The summed E-state index contributed by atoms with van der Waals surface area (Å²) in [6, 6.07) is 11.7. The Morgan fingerprint density at radius 3 is 2.66 bits per heavy atom. The molecule has 0 saturated carbocycles. The number of hydrogen-bond donors (Lipinski definition) is 2. The Kier molecular flexibility index (Phi) is 6.59. The fraction of sp³-hybridized carbons (Fsp3) is 0.0909. The monoisotopic (exact) mass is 486 g/mol. The van der Waals surface area contributed by atoms with E-state index in [1.54, 1.807) is 17.5 Å². The van der Waals surface area contributed by atoms with Crippen molar-refractivity contribution < 1.29 is 14.0 Å². The van der Waals surface area contributed by atoms with E-state index >= 15 is 0 Å². The Labute approximate surface area is 196 Å². The van der Waals surface area contributed by atoms with Gasteiger partial charge in [0.1, 0.15) is 10.8 Å². The first-order valence-electron chi connectivity index (χ1n) is 9.40. The molecule has 0 bridgehead atoms. The molecule has 0 fully saturated rings. The summed E-state index contributed by atoms with van der Waals surface area (Å²) >= 11 is 8.66. The first kappa shape index (κ1) is 22.1. The molecule has 6 nitrogen and oxygen atoms in total. The molecule has 162 valence electrons. The van der Waals surface area contributed by atoms with Gasteiger partial charge in [0.25, 0.3) is 0 Å². The number of benzene rings is 2.